The Morgan fingerprint density at radius 3 is 2.44 bits per heavy atom. The normalized spacial score (nSPS) is 17.9. The largest absolute Gasteiger partial charge is 0.478 e. The minimum Gasteiger partial charge on any atom is -0.478 e. The molecule has 1 aliphatic carbocycles. The van der Waals surface area contributed by atoms with Gasteiger partial charge >= 0.3 is 12.1 Å². The zero-order chi connectivity index (χ0) is 28.5. The van der Waals surface area contributed by atoms with Gasteiger partial charge in [0.25, 0.3) is 0 Å². The Balaban J connectivity index is 1.71. The monoisotopic (exact) mass is 547 g/mol. The van der Waals surface area contributed by atoms with Crippen LogP contribution < -0.4 is 9.64 Å². The van der Waals surface area contributed by atoms with Crippen LogP contribution in [0, 0.1) is 11.8 Å². The molecule has 0 saturated heterocycles. The number of imidazole rings is 1. The van der Waals surface area contributed by atoms with Crippen molar-refractivity contribution in [2.24, 2.45) is 11.8 Å². The molecule has 0 radical (unpaired) electrons. The average molecular weight is 548 g/mol. The number of aromatic nitrogens is 2. The molecule has 8 nitrogen and oxygen atoms in total. The SMILES string of the molecule is COCc1nc2cc(Oc3ccc(N(C(=O)[C@H]4CC[C@H](C)CC4)C(C)C)c(C(=O)O)c3)c(C(F)(F)F)cc2[nH]1. The molecule has 1 aromatic heterocycles. The number of carboxylic acids is 1. The van der Waals surface area contributed by atoms with E-state index in [9.17, 15) is 27.9 Å². The number of methoxy groups -OCH3 is 1. The summed E-state index contributed by atoms with van der Waals surface area (Å²) in [6.45, 7) is 5.83. The number of carbonyl (C=O) groups is 2. The maximum Gasteiger partial charge on any atom is 0.420 e. The van der Waals surface area contributed by atoms with Crippen LogP contribution in [0.1, 0.15) is 68.2 Å². The third kappa shape index (κ3) is 6.19. The Kier molecular flexibility index (Phi) is 8.20. The lowest BCUT2D eigenvalue weighted by atomic mass is 9.82. The number of benzene rings is 2. The highest BCUT2D eigenvalue weighted by atomic mass is 19.4. The molecule has 1 fully saturated rings. The molecule has 1 heterocycles. The third-order valence-electron chi connectivity index (χ3n) is 7.02. The quantitative estimate of drug-likeness (QED) is 0.322. The topological polar surface area (TPSA) is 105 Å². The predicted molar refractivity (Wildman–Crippen MR) is 139 cm³/mol. The van der Waals surface area contributed by atoms with Crippen molar-refractivity contribution in [1.29, 1.82) is 0 Å². The number of ether oxygens (including phenoxy) is 2. The predicted octanol–water partition coefficient (Wildman–Crippen LogP) is 6.79. The van der Waals surface area contributed by atoms with Gasteiger partial charge in [0.15, 0.2) is 0 Å². The van der Waals surface area contributed by atoms with E-state index in [0.29, 0.717) is 11.7 Å². The van der Waals surface area contributed by atoms with E-state index in [1.165, 1.54) is 24.1 Å². The number of halogens is 3. The van der Waals surface area contributed by atoms with Gasteiger partial charge in [-0.1, -0.05) is 6.92 Å². The highest BCUT2D eigenvalue weighted by Gasteiger charge is 2.36. The summed E-state index contributed by atoms with van der Waals surface area (Å²) in [6, 6.07) is 5.65. The molecule has 1 aliphatic rings. The molecule has 2 N–H and O–H groups in total. The summed E-state index contributed by atoms with van der Waals surface area (Å²) in [7, 11) is 1.44. The van der Waals surface area contributed by atoms with Crippen LogP contribution in [0.4, 0.5) is 18.9 Å². The first-order valence-corrected chi connectivity index (χ1v) is 12.9. The highest BCUT2D eigenvalue weighted by molar-refractivity contribution is 6.03. The average Bonchev–Trinajstić information content (AvgIpc) is 3.25. The molecule has 4 rings (SSSR count). The standard InChI is InChI=1S/C28H32F3N3O5/c1-15(2)34(26(35)17-7-5-16(3)6-8-17)23-10-9-18(11-19(23)27(36)37)39-24-13-22-21(12-20(24)28(29,30)31)32-25(33-22)14-38-4/h9-13,15-17H,5-8,14H2,1-4H3,(H,32,33)(H,36,37)/t16-,17-. The van der Waals surface area contributed by atoms with E-state index in [0.717, 1.165) is 43.9 Å². The van der Waals surface area contributed by atoms with E-state index in [1.54, 1.807) is 13.8 Å². The van der Waals surface area contributed by atoms with E-state index in [4.69, 9.17) is 9.47 Å². The first kappa shape index (κ1) is 28.4. The highest BCUT2D eigenvalue weighted by Crippen LogP contribution is 2.41. The van der Waals surface area contributed by atoms with Crippen molar-refractivity contribution in [3.05, 3.63) is 47.3 Å². The van der Waals surface area contributed by atoms with Gasteiger partial charge < -0.3 is 24.5 Å². The van der Waals surface area contributed by atoms with Crippen molar-refractivity contribution in [2.75, 3.05) is 12.0 Å². The van der Waals surface area contributed by atoms with E-state index in [2.05, 4.69) is 16.9 Å². The summed E-state index contributed by atoms with van der Waals surface area (Å²) in [5.41, 5.74) is -0.717. The summed E-state index contributed by atoms with van der Waals surface area (Å²) in [6.07, 6.45) is -1.43. The molecule has 210 valence electrons. The minimum absolute atomic E-state index is 0.0839. The molecule has 3 aromatic rings. The summed E-state index contributed by atoms with van der Waals surface area (Å²) in [5.74, 6) is -1.43. The first-order valence-electron chi connectivity index (χ1n) is 12.9. The third-order valence-corrected chi connectivity index (χ3v) is 7.02. The molecule has 0 bridgehead atoms. The minimum atomic E-state index is -4.75. The van der Waals surface area contributed by atoms with Crippen LogP contribution in [0.25, 0.3) is 11.0 Å². The van der Waals surface area contributed by atoms with Crippen LogP contribution in [0.5, 0.6) is 11.5 Å². The molecule has 1 saturated carbocycles. The summed E-state index contributed by atoms with van der Waals surface area (Å²) >= 11 is 0. The molecule has 0 spiro atoms. The van der Waals surface area contributed by atoms with Crippen LogP contribution in [-0.2, 0) is 22.3 Å². The number of aromatic amines is 1. The zero-order valence-corrected chi connectivity index (χ0v) is 22.3. The van der Waals surface area contributed by atoms with Gasteiger partial charge in [0.1, 0.15) is 29.5 Å². The Bertz CT molecular complexity index is 1360. The number of carbonyl (C=O) groups excluding carboxylic acids is 1. The fourth-order valence-electron chi connectivity index (χ4n) is 5.04. The lowest BCUT2D eigenvalue weighted by Gasteiger charge is -2.34. The summed E-state index contributed by atoms with van der Waals surface area (Å²) in [4.78, 5) is 34.2. The van der Waals surface area contributed by atoms with Gasteiger partial charge in [-0.25, -0.2) is 9.78 Å². The maximum atomic E-state index is 13.9. The summed E-state index contributed by atoms with van der Waals surface area (Å²) in [5, 5.41) is 9.99. The van der Waals surface area contributed by atoms with Gasteiger partial charge in [0, 0.05) is 25.1 Å². The molecule has 0 atom stereocenters. The Morgan fingerprint density at radius 2 is 1.85 bits per heavy atom. The second kappa shape index (κ2) is 11.3. The number of nitrogens with one attached hydrogen (secondary N) is 1. The molecular weight excluding hydrogens is 515 g/mol. The number of aromatic carboxylic acids is 1. The molecule has 1 amide bonds. The van der Waals surface area contributed by atoms with Crippen LogP contribution in [-0.4, -0.2) is 40.1 Å². The van der Waals surface area contributed by atoms with E-state index in [-0.39, 0.29) is 52.5 Å². The van der Waals surface area contributed by atoms with Gasteiger partial charge in [0.05, 0.1) is 22.3 Å². The van der Waals surface area contributed by atoms with Crippen LogP contribution in [0.15, 0.2) is 30.3 Å². The number of rotatable bonds is 8. The van der Waals surface area contributed by atoms with Gasteiger partial charge in [-0.3, -0.25) is 4.79 Å². The number of carboxylic acid groups (broad SMARTS) is 1. The number of anilines is 1. The van der Waals surface area contributed by atoms with Gasteiger partial charge in [-0.15, -0.1) is 0 Å². The number of amides is 1. The van der Waals surface area contributed by atoms with E-state index >= 15 is 0 Å². The van der Waals surface area contributed by atoms with Crippen molar-refractivity contribution >= 4 is 28.6 Å². The maximum absolute atomic E-state index is 13.9. The number of fused-ring (bicyclic) bond motifs is 1. The number of hydrogen-bond acceptors (Lipinski definition) is 5. The van der Waals surface area contributed by atoms with Crippen molar-refractivity contribution in [3.63, 3.8) is 0 Å². The fraction of sp³-hybridized carbons (Fsp3) is 0.464. The molecule has 2 aromatic carbocycles. The van der Waals surface area contributed by atoms with Crippen molar-refractivity contribution < 1.29 is 37.3 Å². The first-order chi connectivity index (χ1) is 18.4. The second-order valence-electron chi connectivity index (χ2n) is 10.3. The molecule has 0 aliphatic heterocycles. The Labute approximate surface area is 224 Å². The molecule has 11 heteroatoms. The van der Waals surface area contributed by atoms with Crippen LogP contribution >= 0.6 is 0 Å². The summed E-state index contributed by atoms with van der Waals surface area (Å²) < 4.78 is 52.3. The molecule has 39 heavy (non-hydrogen) atoms. The lowest BCUT2D eigenvalue weighted by molar-refractivity contribution is -0.138. The number of nitrogens with zero attached hydrogens (tertiary/aromatic N) is 2. The zero-order valence-electron chi connectivity index (χ0n) is 22.3. The number of hydrogen-bond donors (Lipinski definition) is 2. The Hall–Kier alpha value is -3.60. The fourth-order valence-corrected chi connectivity index (χ4v) is 5.04. The number of alkyl halides is 3. The van der Waals surface area contributed by atoms with Crippen LogP contribution in [0.3, 0.4) is 0 Å². The molecular formula is C28H32F3N3O5. The lowest BCUT2D eigenvalue weighted by Crippen LogP contribution is -2.42. The number of H-pyrrole nitrogens is 1. The van der Waals surface area contributed by atoms with Crippen molar-refractivity contribution in [2.45, 2.75) is 65.3 Å². The van der Waals surface area contributed by atoms with E-state index in [1.807, 2.05) is 0 Å². The van der Waals surface area contributed by atoms with E-state index < -0.39 is 23.5 Å². The van der Waals surface area contributed by atoms with Crippen molar-refractivity contribution in [1.82, 2.24) is 9.97 Å². The molecule has 0 unspecified atom stereocenters. The smallest absolute Gasteiger partial charge is 0.420 e. The van der Waals surface area contributed by atoms with Crippen molar-refractivity contribution in [3.8, 4) is 11.5 Å². The van der Waals surface area contributed by atoms with Gasteiger partial charge in [0.2, 0.25) is 5.91 Å². The Morgan fingerprint density at radius 1 is 1.15 bits per heavy atom. The van der Waals surface area contributed by atoms with Gasteiger partial charge in [-0.2, -0.15) is 13.2 Å². The second-order valence-corrected chi connectivity index (χ2v) is 10.3. The van der Waals surface area contributed by atoms with Gasteiger partial charge in [-0.05, 0) is 69.7 Å². The van der Waals surface area contributed by atoms with Crippen LogP contribution in [0.2, 0.25) is 0 Å².